The van der Waals surface area contributed by atoms with Crippen molar-refractivity contribution in [2.24, 2.45) is 0 Å². The summed E-state index contributed by atoms with van der Waals surface area (Å²) in [5.74, 6) is -0.513. The van der Waals surface area contributed by atoms with E-state index < -0.39 is 29.9 Å². The second-order valence-corrected chi connectivity index (χ2v) is 13.8. The number of benzene rings is 5. The summed E-state index contributed by atoms with van der Waals surface area (Å²) in [6.45, 7) is 4.72. The summed E-state index contributed by atoms with van der Waals surface area (Å²) < 4.78 is 37.9. The lowest BCUT2D eigenvalue weighted by Crippen LogP contribution is -2.56. The molecule has 0 aromatic heterocycles. The lowest BCUT2D eigenvalue weighted by Gasteiger charge is -2.33. The van der Waals surface area contributed by atoms with Crippen LogP contribution in [0.4, 0.5) is 0 Å². The molecule has 5 aromatic rings. The first-order valence-corrected chi connectivity index (χ1v) is 18.1. The van der Waals surface area contributed by atoms with E-state index in [1.165, 1.54) is 0 Å². The van der Waals surface area contributed by atoms with Crippen LogP contribution in [0, 0.1) is 0 Å². The summed E-state index contributed by atoms with van der Waals surface area (Å²) in [7, 11) is 0. The number of carbonyl (C=O) groups is 2. The van der Waals surface area contributed by atoms with Crippen LogP contribution in [-0.2, 0) is 38.8 Å². The van der Waals surface area contributed by atoms with Gasteiger partial charge in [-0.1, -0.05) is 103 Å². The Labute approximate surface area is 315 Å². The molecule has 2 saturated heterocycles. The number of fused-ring (bicyclic) bond motifs is 1. The standard InChI is InChI=1S/C44H44N2O8/c1-43(2)53-39-38(26-45-40(47)34-20-12-22-36(24-34)49-27-31-14-6-3-7-15-31)52-42(51-29-33-18-10-5-11-19-33)44(39,54-43)30-46-41(48)35-21-13-23-37(25-35)50-28-32-16-8-4-9-17-32/h3-25,38-39,42H,26-30H2,1-2H3,(H,45,47)(H,46,48)/t38-,39-,42-,44-/m1/s1. The smallest absolute Gasteiger partial charge is 0.251 e. The van der Waals surface area contributed by atoms with E-state index in [4.69, 9.17) is 28.4 Å². The third kappa shape index (κ3) is 8.98. The molecule has 0 radical (unpaired) electrons. The Balaban J connectivity index is 1.05. The summed E-state index contributed by atoms with van der Waals surface area (Å²) in [5.41, 5.74) is 2.61. The molecule has 0 aliphatic carbocycles. The van der Waals surface area contributed by atoms with Gasteiger partial charge in [0.25, 0.3) is 11.8 Å². The van der Waals surface area contributed by atoms with Gasteiger partial charge in [-0.15, -0.1) is 0 Å². The molecule has 0 unspecified atom stereocenters. The topological polar surface area (TPSA) is 114 Å². The average molecular weight is 729 g/mol. The lowest BCUT2D eigenvalue weighted by atomic mass is 9.94. The maximum Gasteiger partial charge on any atom is 0.251 e. The molecule has 4 atom stereocenters. The summed E-state index contributed by atoms with van der Waals surface area (Å²) in [4.78, 5) is 27.1. The molecule has 2 fully saturated rings. The number of ether oxygens (including phenoxy) is 6. The fourth-order valence-corrected chi connectivity index (χ4v) is 6.72. The Kier molecular flexibility index (Phi) is 11.4. The minimum Gasteiger partial charge on any atom is -0.489 e. The van der Waals surface area contributed by atoms with Gasteiger partial charge in [0.1, 0.15) is 36.9 Å². The van der Waals surface area contributed by atoms with Crippen LogP contribution >= 0.6 is 0 Å². The molecular weight excluding hydrogens is 684 g/mol. The Morgan fingerprint density at radius 3 is 1.67 bits per heavy atom. The molecule has 2 heterocycles. The van der Waals surface area contributed by atoms with Gasteiger partial charge < -0.3 is 39.1 Å². The first-order chi connectivity index (χ1) is 26.3. The van der Waals surface area contributed by atoms with Crippen LogP contribution in [0.25, 0.3) is 0 Å². The summed E-state index contributed by atoms with van der Waals surface area (Å²) in [5, 5.41) is 6.05. The van der Waals surface area contributed by atoms with Crippen molar-refractivity contribution in [2.45, 2.75) is 63.6 Å². The molecule has 5 aromatic carbocycles. The van der Waals surface area contributed by atoms with E-state index in [0.717, 1.165) is 16.7 Å². The van der Waals surface area contributed by atoms with E-state index in [-0.39, 0.29) is 31.5 Å². The van der Waals surface area contributed by atoms with E-state index >= 15 is 0 Å². The van der Waals surface area contributed by atoms with Gasteiger partial charge in [0.05, 0.1) is 13.2 Å². The van der Waals surface area contributed by atoms with Crippen LogP contribution in [0.3, 0.4) is 0 Å². The largest absolute Gasteiger partial charge is 0.489 e. The van der Waals surface area contributed by atoms with Gasteiger partial charge in [0, 0.05) is 17.7 Å². The van der Waals surface area contributed by atoms with Crippen molar-refractivity contribution in [2.75, 3.05) is 13.1 Å². The van der Waals surface area contributed by atoms with Crippen molar-refractivity contribution in [3.63, 3.8) is 0 Å². The SMILES string of the molecule is CC1(C)O[C@@H]2[C@@H](CNC(=O)c3cccc(OCc4ccccc4)c3)O[C@@H](OCc3ccccc3)[C@]2(CNC(=O)c2cccc(OCc3ccccc3)c2)O1. The maximum absolute atomic E-state index is 13.7. The van der Waals surface area contributed by atoms with Gasteiger partial charge in [-0.05, 0) is 66.9 Å². The molecule has 10 nitrogen and oxygen atoms in total. The monoisotopic (exact) mass is 728 g/mol. The summed E-state index contributed by atoms with van der Waals surface area (Å²) in [6, 6.07) is 43.4. The van der Waals surface area contributed by atoms with Gasteiger partial charge in [-0.3, -0.25) is 9.59 Å². The van der Waals surface area contributed by atoms with Crippen LogP contribution in [0.1, 0.15) is 51.3 Å². The van der Waals surface area contributed by atoms with Crippen molar-refractivity contribution in [1.82, 2.24) is 10.6 Å². The normalized spacial score (nSPS) is 21.2. The number of carbonyl (C=O) groups excluding carboxylic acids is 2. The fraction of sp³-hybridized carbons (Fsp3) is 0.273. The molecule has 54 heavy (non-hydrogen) atoms. The van der Waals surface area contributed by atoms with Crippen LogP contribution < -0.4 is 20.1 Å². The van der Waals surface area contributed by atoms with Crippen LogP contribution in [-0.4, -0.2) is 54.8 Å². The summed E-state index contributed by atoms with van der Waals surface area (Å²) >= 11 is 0. The first-order valence-electron chi connectivity index (χ1n) is 18.1. The van der Waals surface area contributed by atoms with Crippen LogP contribution in [0.5, 0.6) is 11.5 Å². The number of rotatable bonds is 15. The summed E-state index contributed by atoms with van der Waals surface area (Å²) in [6.07, 6.45) is -2.31. The number of hydrogen-bond acceptors (Lipinski definition) is 8. The lowest BCUT2D eigenvalue weighted by molar-refractivity contribution is -0.260. The first kappa shape index (κ1) is 36.8. The predicted octanol–water partition coefficient (Wildman–Crippen LogP) is 6.84. The minimum atomic E-state index is -1.24. The van der Waals surface area contributed by atoms with Crippen molar-refractivity contribution in [3.05, 3.63) is 167 Å². The van der Waals surface area contributed by atoms with Gasteiger partial charge in [-0.25, -0.2) is 0 Å². The van der Waals surface area contributed by atoms with Gasteiger partial charge in [-0.2, -0.15) is 0 Å². The Morgan fingerprint density at radius 2 is 1.13 bits per heavy atom. The molecule has 2 N–H and O–H groups in total. The zero-order chi connectivity index (χ0) is 37.4. The Bertz CT molecular complexity index is 2010. The van der Waals surface area contributed by atoms with Crippen molar-refractivity contribution in [3.8, 4) is 11.5 Å². The average Bonchev–Trinajstić information content (AvgIpc) is 3.64. The zero-order valence-electron chi connectivity index (χ0n) is 30.3. The molecule has 2 aliphatic rings. The van der Waals surface area contributed by atoms with Gasteiger partial charge in [0.2, 0.25) is 0 Å². The highest BCUT2D eigenvalue weighted by Gasteiger charge is 2.66. The van der Waals surface area contributed by atoms with Crippen molar-refractivity contribution < 1.29 is 38.0 Å². The van der Waals surface area contributed by atoms with E-state index in [1.54, 1.807) is 36.4 Å². The fourth-order valence-electron chi connectivity index (χ4n) is 6.72. The Morgan fingerprint density at radius 1 is 0.630 bits per heavy atom. The molecular formula is C44H44N2O8. The zero-order valence-corrected chi connectivity index (χ0v) is 30.3. The van der Waals surface area contributed by atoms with Crippen LogP contribution in [0.2, 0.25) is 0 Å². The molecule has 10 heteroatoms. The number of hydrogen-bond donors (Lipinski definition) is 2. The quantitative estimate of drug-likeness (QED) is 0.121. The van der Waals surface area contributed by atoms with Gasteiger partial charge in [0.15, 0.2) is 17.7 Å². The second kappa shape index (κ2) is 16.7. The second-order valence-electron chi connectivity index (χ2n) is 13.8. The predicted molar refractivity (Wildman–Crippen MR) is 202 cm³/mol. The van der Waals surface area contributed by atoms with Crippen LogP contribution in [0.15, 0.2) is 140 Å². The van der Waals surface area contributed by atoms with Crippen molar-refractivity contribution >= 4 is 11.8 Å². The third-order valence-electron chi connectivity index (χ3n) is 9.29. The molecule has 0 saturated carbocycles. The maximum atomic E-state index is 13.7. The van der Waals surface area contributed by atoms with E-state index in [9.17, 15) is 9.59 Å². The minimum absolute atomic E-state index is 0.0136. The molecule has 2 aliphatic heterocycles. The van der Waals surface area contributed by atoms with E-state index in [0.29, 0.717) is 35.8 Å². The van der Waals surface area contributed by atoms with E-state index in [2.05, 4.69) is 10.6 Å². The molecule has 2 amide bonds. The third-order valence-corrected chi connectivity index (χ3v) is 9.29. The molecule has 0 bridgehead atoms. The highest BCUT2D eigenvalue weighted by atomic mass is 16.8. The van der Waals surface area contributed by atoms with E-state index in [1.807, 2.05) is 117 Å². The molecule has 0 spiro atoms. The van der Waals surface area contributed by atoms with Gasteiger partial charge >= 0.3 is 0 Å². The highest BCUT2D eigenvalue weighted by Crippen LogP contribution is 2.47. The van der Waals surface area contributed by atoms with Crippen molar-refractivity contribution in [1.29, 1.82) is 0 Å². The number of nitrogens with one attached hydrogen (secondary N) is 2. The molecule has 278 valence electrons. The number of amides is 2. The highest BCUT2D eigenvalue weighted by molar-refractivity contribution is 5.95. The molecule has 7 rings (SSSR count). The Hall–Kier alpha value is -5.52.